The third-order valence-corrected chi connectivity index (χ3v) is 5.00. The topological polar surface area (TPSA) is 114 Å². The number of esters is 1. The maximum absolute atomic E-state index is 12.5. The molecule has 1 heterocycles. The van der Waals surface area contributed by atoms with Crippen LogP contribution in [0.1, 0.15) is 42.3 Å². The van der Waals surface area contributed by atoms with Crippen LogP contribution in [0.3, 0.4) is 0 Å². The minimum atomic E-state index is -1.29. The average Bonchev–Trinajstić information content (AvgIpc) is 3.01. The van der Waals surface area contributed by atoms with Crippen molar-refractivity contribution in [1.82, 2.24) is 10.6 Å². The molecule has 0 unspecified atom stereocenters. The van der Waals surface area contributed by atoms with Crippen molar-refractivity contribution in [1.29, 1.82) is 0 Å². The normalized spacial score (nSPS) is 18.9. The number of anilines is 1. The van der Waals surface area contributed by atoms with Gasteiger partial charge in [-0.1, -0.05) is 31.2 Å². The van der Waals surface area contributed by atoms with Gasteiger partial charge in [-0.15, -0.1) is 0 Å². The van der Waals surface area contributed by atoms with Crippen molar-refractivity contribution in [3.05, 3.63) is 65.2 Å². The van der Waals surface area contributed by atoms with E-state index in [0.717, 1.165) is 12.0 Å². The van der Waals surface area contributed by atoms with Crippen molar-refractivity contribution in [3.63, 3.8) is 0 Å². The Hall–Kier alpha value is -3.68. The molecule has 2 aromatic rings. The van der Waals surface area contributed by atoms with Gasteiger partial charge in [0, 0.05) is 5.69 Å². The van der Waals surface area contributed by atoms with Crippen molar-refractivity contribution in [2.24, 2.45) is 0 Å². The van der Waals surface area contributed by atoms with Crippen LogP contribution in [0.4, 0.5) is 10.5 Å². The third-order valence-electron chi connectivity index (χ3n) is 5.00. The highest BCUT2D eigenvalue weighted by molar-refractivity contribution is 6.07. The maximum Gasteiger partial charge on any atom is 0.338 e. The predicted octanol–water partition coefficient (Wildman–Crippen LogP) is 2.49. The number of ether oxygens (including phenoxy) is 1. The number of rotatable bonds is 6. The number of carbonyl (C=O) groups is 4. The van der Waals surface area contributed by atoms with Crippen LogP contribution in [0.2, 0.25) is 0 Å². The van der Waals surface area contributed by atoms with Crippen molar-refractivity contribution in [2.45, 2.75) is 38.8 Å². The summed E-state index contributed by atoms with van der Waals surface area (Å²) in [4.78, 5) is 48.5. The SMILES string of the molecule is CCc1ccc(NC(=O)[C@@H](C)OC(=O)c2cccc([C@]3(C)NC(=O)NC3=O)c2)cc1. The second kappa shape index (κ2) is 8.36. The highest BCUT2D eigenvalue weighted by atomic mass is 16.5. The zero-order chi connectivity index (χ0) is 21.9. The van der Waals surface area contributed by atoms with Gasteiger partial charge >= 0.3 is 12.0 Å². The lowest BCUT2D eigenvalue weighted by molar-refractivity contribution is -0.124. The molecule has 156 valence electrons. The van der Waals surface area contributed by atoms with E-state index in [1.807, 2.05) is 19.1 Å². The Morgan fingerprint density at radius 1 is 1.13 bits per heavy atom. The first-order chi connectivity index (χ1) is 14.2. The van der Waals surface area contributed by atoms with E-state index in [1.165, 1.54) is 26.0 Å². The number of nitrogens with one attached hydrogen (secondary N) is 3. The molecule has 2 atom stereocenters. The van der Waals surface area contributed by atoms with Crippen molar-refractivity contribution in [3.8, 4) is 0 Å². The summed E-state index contributed by atoms with van der Waals surface area (Å²) in [7, 11) is 0. The summed E-state index contributed by atoms with van der Waals surface area (Å²) in [5.74, 6) is -1.69. The summed E-state index contributed by atoms with van der Waals surface area (Å²) in [5, 5.41) is 7.42. The molecule has 8 nitrogen and oxygen atoms in total. The molecular weight excluding hydrogens is 386 g/mol. The van der Waals surface area contributed by atoms with Crippen LogP contribution in [0.15, 0.2) is 48.5 Å². The molecular formula is C22H23N3O5. The molecule has 0 aromatic heterocycles. The first-order valence-electron chi connectivity index (χ1n) is 9.58. The van der Waals surface area contributed by atoms with Gasteiger partial charge in [0.2, 0.25) is 0 Å². The Kier molecular flexibility index (Phi) is 5.86. The number of hydrogen-bond donors (Lipinski definition) is 3. The Bertz CT molecular complexity index is 1000. The summed E-state index contributed by atoms with van der Waals surface area (Å²) in [6.45, 7) is 5.05. The van der Waals surface area contributed by atoms with E-state index >= 15 is 0 Å². The van der Waals surface area contributed by atoms with E-state index in [0.29, 0.717) is 11.3 Å². The zero-order valence-corrected chi connectivity index (χ0v) is 16.9. The lowest BCUT2D eigenvalue weighted by Gasteiger charge is -2.21. The molecule has 1 aliphatic rings. The summed E-state index contributed by atoms with van der Waals surface area (Å²) in [6, 6.07) is 13.0. The maximum atomic E-state index is 12.5. The van der Waals surface area contributed by atoms with Gasteiger partial charge in [0.15, 0.2) is 6.10 Å². The Labute approximate surface area is 174 Å². The van der Waals surface area contributed by atoms with Gasteiger partial charge in [0.1, 0.15) is 5.54 Å². The summed E-state index contributed by atoms with van der Waals surface area (Å²) < 4.78 is 5.27. The summed E-state index contributed by atoms with van der Waals surface area (Å²) >= 11 is 0. The number of aryl methyl sites for hydroxylation is 1. The van der Waals surface area contributed by atoms with Gasteiger partial charge in [-0.3, -0.25) is 14.9 Å². The van der Waals surface area contributed by atoms with Crippen LogP contribution in [-0.4, -0.2) is 29.9 Å². The predicted molar refractivity (Wildman–Crippen MR) is 110 cm³/mol. The largest absolute Gasteiger partial charge is 0.449 e. The Morgan fingerprint density at radius 3 is 2.43 bits per heavy atom. The fraction of sp³-hybridized carbons (Fsp3) is 0.273. The number of amides is 4. The second-order valence-corrected chi connectivity index (χ2v) is 7.20. The molecule has 4 amide bonds. The van der Waals surface area contributed by atoms with Crippen molar-refractivity contribution < 1.29 is 23.9 Å². The smallest absolute Gasteiger partial charge is 0.338 e. The molecule has 3 N–H and O–H groups in total. The third kappa shape index (κ3) is 4.32. The minimum Gasteiger partial charge on any atom is -0.449 e. The highest BCUT2D eigenvalue weighted by Crippen LogP contribution is 2.25. The van der Waals surface area contributed by atoms with Gasteiger partial charge in [0.05, 0.1) is 5.56 Å². The van der Waals surface area contributed by atoms with E-state index in [1.54, 1.807) is 24.3 Å². The summed E-state index contributed by atoms with van der Waals surface area (Å²) in [6.07, 6.45) is -0.136. The molecule has 8 heteroatoms. The van der Waals surface area contributed by atoms with Crippen LogP contribution >= 0.6 is 0 Å². The fourth-order valence-electron chi connectivity index (χ4n) is 3.05. The van der Waals surface area contributed by atoms with Gasteiger partial charge < -0.3 is 15.4 Å². The molecule has 1 saturated heterocycles. The average molecular weight is 409 g/mol. The monoisotopic (exact) mass is 409 g/mol. The van der Waals surface area contributed by atoms with E-state index in [-0.39, 0.29) is 5.56 Å². The molecule has 1 aliphatic heterocycles. The number of carbonyl (C=O) groups excluding carboxylic acids is 4. The molecule has 0 aliphatic carbocycles. The fourth-order valence-corrected chi connectivity index (χ4v) is 3.05. The standard InChI is InChI=1S/C22H23N3O5/c1-4-14-8-10-17(11-9-14)23-18(26)13(2)30-19(27)15-6-5-7-16(12-15)22(3)20(28)24-21(29)25-22/h5-13H,4H2,1-3H3,(H,23,26)(H2,24,25,28,29)/t13-,22+/m1/s1. The molecule has 1 fully saturated rings. The number of hydrogen-bond acceptors (Lipinski definition) is 5. The van der Waals surface area contributed by atoms with Crippen LogP contribution < -0.4 is 16.0 Å². The van der Waals surface area contributed by atoms with Gasteiger partial charge in [-0.25, -0.2) is 9.59 Å². The molecule has 0 spiro atoms. The number of urea groups is 1. The quantitative estimate of drug-likeness (QED) is 0.501. The van der Waals surface area contributed by atoms with Crippen molar-refractivity contribution in [2.75, 3.05) is 5.32 Å². The molecule has 0 bridgehead atoms. The first-order valence-corrected chi connectivity index (χ1v) is 9.58. The van der Waals surface area contributed by atoms with E-state index in [4.69, 9.17) is 4.74 Å². The van der Waals surface area contributed by atoms with Gasteiger partial charge in [0.25, 0.3) is 11.8 Å². The van der Waals surface area contributed by atoms with Crippen LogP contribution in [0, 0.1) is 0 Å². The van der Waals surface area contributed by atoms with Crippen molar-refractivity contribution >= 4 is 29.5 Å². The van der Waals surface area contributed by atoms with Gasteiger partial charge in [-0.2, -0.15) is 0 Å². The Morgan fingerprint density at radius 2 is 1.83 bits per heavy atom. The molecule has 3 rings (SSSR count). The lowest BCUT2D eigenvalue weighted by Crippen LogP contribution is -2.40. The second-order valence-electron chi connectivity index (χ2n) is 7.20. The first kappa shape index (κ1) is 21.0. The molecule has 0 radical (unpaired) electrons. The van der Waals surface area contributed by atoms with Gasteiger partial charge in [-0.05, 0) is 55.7 Å². The lowest BCUT2D eigenvalue weighted by atomic mass is 9.91. The molecule has 30 heavy (non-hydrogen) atoms. The van der Waals surface area contributed by atoms with Crippen LogP contribution in [0.25, 0.3) is 0 Å². The molecule has 0 saturated carbocycles. The zero-order valence-electron chi connectivity index (χ0n) is 16.9. The van der Waals surface area contributed by atoms with Crippen LogP contribution in [-0.2, 0) is 26.3 Å². The minimum absolute atomic E-state index is 0.162. The van der Waals surface area contributed by atoms with E-state index < -0.39 is 35.5 Å². The van der Waals surface area contributed by atoms with E-state index in [2.05, 4.69) is 16.0 Å². The van der Waals surface area contributed by atoms with Crippen LogP contribution in [0.5, 0.6) is 0 Å². The number of benzene rings is 2. The molecule has 2 aromatic carbocycles. The van der Waals surface area contributed by atoms with E-state index in [9.17, 15) is 19.2 Å². The Balaban J connectivity index is 1.67. The number of imide groups is 1. The summed E-state index contributed by atoms with van der Waals surface area (Å²) in [5.41, 5.74) is 1.05. The highest BCUT2D eigenvalue weighted by Gasteiger charge is 2.43.